The molecule has 1 aromatic carbocycles. The Morgan fingerprint density at radius 1 is 1.25 bits per heavy atom. The minimum Gasteiger partial charge on any atom is -0.435 e. The Morgan fingerprint density at radius 3 is 2.62 bits per heavy atom. The lowest BCUT2D eigenvalue weighted by molar-refractivity contribution is -0.0498. The predicted molar refractivity (Wildman–Crippen MR) is 91.2 cm³/mol. The van der Waals surface area contributed by atoms with Crippen LogP contribution in [0.1, 0.15) is 15.4 Å². The minimum absolute atomic E-state index is 0.0388. The lowest BCUT2D eigenvalue weighted by atomic mass is 10.3. The van der Waals surface area contributed by atoms with Gasteiger partial charge in [0.1, 0.15) is 15.6 Å². The maximum atomic E-state index is 12.4. The largest absolute Gasteiger partial charge is 0.435 e. The second kappa shape index (κ2) is 7.06. The van der Waals surface area contributed by atoms with Gasteiger partial charge in [-0.2, -0.15) is 8.78 Å². The van der Waals surface area contributed by atoms with E-state index in [9.17, 15) is 13.6 Å². The zero-order valence-electron chi connectivity index (χ0n) is 12.5. The van der Waals surface area contributed by atoms with Gasteiger partial charge >= 0.3 is 6.61 Å². The molecule has 0 spiro atoms. The van der Waals surface area contributed by atoms with Crippen LogP contribution in [0.2, 0.25) is 0 Å². The average Bonchev–Trinajstić information content (AvgIpc) is 3.18. The van der Waals surface area contributed by atoms with Gasteiger partial charge in [-0.15, -0.1) is 22.7 Å². The fourth-order valence-electron chi connectivity index (χ4n) is 2.02. The van der Waals surface area contributed by atoms with Crippen molar-refractivity contribution in [2.24, 2.45) is 0 Å². The van der Waals surface area contributed by atoms with E-state index in [0.717, 1.165) is 9.88 Å². The molecule has 24 heavy (non-hydrogen) atoms. The Balaban J connectivity index is 1.73. The highest BCUT2D eigenvalue weighted by Gasteiger charge is 2.17. The molecule has 0 aliphatic rings. The highest BCUT2D eigenvalue weighted by Crippen LogP contribution is 2.31. The van der Waals surface area contributed by atoms with Crippen molar-refractivity contribution in [2.45, 2.75) is 13.5 Å². The van der Waals surface area contributed by atoms with E-state index in [1.807, 2.05) is 17.5 Å². The van der Waals surface area contributed by atoms with Gasteiger partial charge in [0.15, 0.2) is 0 Å². The van der Waals surface area contributed by atoms with Crippen LogP contribution in [0.3, 0.4) is 0 Å². The van der Waals surface area contributed by atoms with Crippen molar-refractivity contribution < 1.29 is 18.3 Å². The quantitative estimate of drug-likeness (QED) is 0.689. The summed E-state index contributed by atoms with van der Waals surface area (Å²) in [6, 6.07) is 9.64. The summed E-state index contributed by atoms with van der Waals surface area (Å²) in [6.07, 6.45) is 0. The fourth-order valence-corrected chi connectivity index (χ4v) is 3.78. The lowest BCUT2D eigenvalue weighted by Gasteiger charge is -2.07. The molecule has 0 bridgehead atoms. The molecule has 124 valence electrons. The molecule has 0 atom stereocenters. The Morgan fingerprint density at radius 2 is 2.00 bits per heavy atom. The Kier molecular flexibility index (Phi) is 4.86. The number of carbonyl (C=O) groups is 1. The number of halogens is 2. The number of thiazole rings is 1. The maximum Gasteiger partial charge on any atom is 0.387 e. The number of hydrogen-bond donors (Lipinski definition) is 1. The number of amides is 1. The number of nitrogens with zero attached hydrogens (tertiary/aromatic N) is 1. The van der Waals surface area contributed by atoms with E-state index < -0.39 is 6.61 Å². The van der Waals surface area contributed by atoms with Crippen molar-refractivity contribution in [2.75, 3.05) is 5.32 Å². The van der Waals surface area contributed by atoms with E-state index in [-0.39, 0.29) is 11.7 Å². The van der Waals surface area contributed by atoms with Gasteiger partial charge in [-0.25, -0.2) is 4.98 Å². The molecule has 1 N–H and O–H groups in total. The van der Waals surface area contributed by atoms with Gasteiger partial charge in [0.05, 0.1) is 10.6 Å². The van der Waals surface area contributed by atoms with Crippen LogP contribution in [0.15, 0.2) is 41.8 Å². The lowest BCUT2D eigenvalue weighted by Crippen LogP contribution is -2.11. The van der Waals surface area contributed by atoms with Crippen LogP contribution >= 0.6 is 22.7 Å². The number of rotatable bonds is 5. The summed E-state index contributed by atoms with van der Waals surface area (Å²) >= 11 is 2.88. The first-order chi connectivity index (χ1) is 11.5. The van der Waals surface area contributed by atoms with Crippen molar-refractivity contribution >= 4 is 34.3 Å². The Bertz CT molecular complexity index is 830. The third-order valence-corrected chi connectivity index (χ3v) is 5.27. The van der Waals surface area contributed by atoms with Crippen molar-refractivity contribution in [3.05, 3.63) is 52.3 Å². The molecular formula is C16H12F2N2O2S2. The van der Waals surface area contributed by atoms with Crippen molar-refractivity contribution in [3.8, 4) is 15.6 Å². The van der Waals surface area contributed by atoms with E-state index in [1.54, 1.807) is 18.3 Å². The molecule has 3 rings (SSSR count). The third-order valence-electron chi connectivity index (χ3n) is 3.07. The highest BCUT2D eigenvalue weighted by atomic mass is 32.1. The number of thiophene rings is 1. The van der Waals surface area contributed by atoms with Crippen LogP contribution in [0.25, 0.3) is 9.88 Å². The van der Waals surface area contributed by atoms with Crippen molar-refractivity contribution in [3.63, 3.8) is 0 Å². The number of nitrogens with one attached hydrogen (secondary N) is 1. The summed E-state index contributed by atoms with van der Waals surface area (Å²) in [5, 5.41) is 5.48. The molecule has 0 saturated heterocycles. The van der Waals surface area contributed by atoms with Gasteiger partial charge in [-0.3, -0.25) is 4.79 Å². The zero-order chi connectivity index (χ0) is 17.1. The zero-order valence-corrected chi connectivity index (χ0v) is 14.1. The molecule has 1 amide bonds. The van der Waals surface area contributed by atoms with E-state index in [2.05, 4.69) is 15.0 Å². The van der Waals surface area contributed by atoms with Gasteiger partial charge in [-0.1, -0.05) is 6.07 Å². The minimum atomic E-state index is -2.87. The van der Waals surface area contributed by atoms with E-state index in [4.69, 9.17) is 0 Å². The molecule has 8 heteroatoms. The number of aromatic nitrogens is 1. The van der Waals surface area contributed by atoms with Gasteiger partial charge in [0, 0.05) is 5.69 Å². The Hall–Kier alpha value is -2.32. The molecular weight excluding hydrogens is 354 g/mol. The maximum absolute atomic E-state index is 12.4. The summed E-state index contributed by atoms with van der Waals surface area (Å²) in [5.74, 6) is -0.243. The van der Waals surface area contributed by atoms with Crippen LogP contribution < -0.4 is 10.1 Å². The first-order valence-electron chi connectivity index (χ1n) is 6.90. The summed E-state index contributed by atoms with van der Waals surface area (Å²) in [6.45, 7) is -1.09. The van der Waals surface area contributed by atoms with Crippen LogP contribution in [0.5, 0.6) is 5.75 Å². The molecule has 0 saturated carbocycles. The number of alkyl halides is 2. The molecule has 2 heterocycles. The second-order valence-corrected chi connectivity index (χ2v) is 6.71. The van der Waals surface area contributed by atoms with Gasteiger partial charge in [0.2, 0.25) is 0 Å². The second-order valence-electron chi connectivity index (χ2n) is 4.77. The van der Waals surface area contributed by atoms with E-state index in [1.165, 1.54) is 35.6 Å². The molecule has 0 unspecified atom stereocenters. The molecule has 0 aliphatic carbocycles. The monoisotopic (exact) mass is 366 g/mol. The summed E-state index contributed by atoms with van der Waals surface area (Å²) in [5.41, 5.74) is 1.14. The summed E-state index contributed by atoms with van der Waals surface area (Å²) < 4.78 is 28.5. The standard InChI is InChI=1S/C16H12F2N2O2S2/c1-9-13(24-15(19-9)12-3-2-8-23-12)14(21)20-10-4-6-11(7-5-10)22-16(17)18/h2-8,16H,1H3,(H,20,21). The molecule has 0 radical (unpaired) electrons. The highest BCUT2D eigenvalue weighted by molar-refractivity contribution is 7.22. The first kappa shape index (κ1) is 16.5. The number of hydrogen-bond acceptors (Lipinski definition) is 5. The topological polar surface area (TPSA) is 51.2 Å². The van der Waals surface area contributed by atoms with Crippen molar-refractivity contribution in [1.82, 2.24) is 4.98 Å². The normalized spacial score (nSPS) is 10.8. The number of aryl methyl sites for hydroxylation is 1. The van der Waals surface area contributed by atoms with Crippen LogP contribution in [-0.4, -0.2) is 17.5 Å². The summed E-state index contributed by atoms with van der Waals surface area (Å²) in [7, 11) is 0. The molecule has 3 aromatic rings. The van der Waals surface area contributed by atoms with Crippen LogP contribution in [0, 0.1) is 6.92 Å². The van der Waals surface area contributed by atoms with Crippen LogP contribution in [0.4, 0.5) is 14.5 Å². The number of anilines is 1. The average molecular weight is 366 g/mol. The van der Waals surface area contributed by atoms with E-state index in [0.29, 0.717) is 16.3 Å². The third kappa shape index (κ3) is 3.77. The fraction of sp³-hybridized carbons (Fsp3) is 0.125. The summed E-state index contributed by atoms with van der Waals surface area (Å²) in [4.78, 5) is 18.3. The van der Waals surface area contributed by atoms with Gasteiger partial charge in [0.25, 0.3) is 5.91 Å². The Labute approximate surface area is 144 Å². The predicted octanol–water partition coefficient (Wildman–Crippen LogP) is 5.03. The van der Waals surface area contributed by atoms with Gasteiger partial charge in [-0.05, 0) is 42.6 Å². The SMILES string of the molecule is Cc1nc(-c2cccs2)sc1C(=O)Nc1ccc(OC(F)F)cc1. The van der Waals surface area contributed by atoms with Crippen LogP contribution in [-0.2, 0) is 0 Å². The van der Waals surface area contributed by atoms with E-state index >= 15 is 0 Å². The number of ether oxygens (including phenoxy) is 1. The molecule has 0 fully saturated rings. The smallest absolute Gasteiger partial charge is 0.387 e. The first-order valence-corrected chi connectivity index (χ1v) is 8.60. The molecule has 2 aromatic heterocycles. The van der Waals surface area contributed by atoms with Gasteiger partial charge < -0.3 is 10.1 Å². The van der Waals surface area contributed by atoms with Crippen molar-refractivity contribution in [1.29, 1.82) is 0 Å². The molecule has 4 nitrogen and oxygen atoms in total. The number of carbonyl (C=O) groups excluding carboxylic acids is 1. The molecule has 0 aliphatic heterocycles. The number of benzene rings is 1.